The quantitative estimate of drug-likeness (QED) is 0.274. The molecule has 6 nitrogen and oxygen atoms in total. The van der Waals surface area contributed by atoms with Crippen LogP contribution in [-0.2, 0) is 19.1 Å². The van der Waals surface area contributed by atoms with Crippen LogP contribution in [0.4, 0.5) is 0 Å². The zero-order chi connectivity index (χ0) is 20.4. The molecule has 0 aromatic heterocycles. The number of carbonyl (C=O) groups is 2. The van der Waals surface area contributed by atoms with Crippen molar-refractivity contribution in [1.82, 2.24) is 0 Å². The van der Waals surface area contributed by atoms with Crippen LogP contribution in [0, 0.1) is 0 Å². The molecular weight excluding hydrogens is 346 g/mol. The lowest BCUT2D eigenvalue weighted by atomic mass is 9.85. The molecule has 0 aliphatic carbocycles. The van der Waals surface area contributed by atoms with Gasteiger partial charge in [-0.05, 0) is 51.5 Å². The maximum Gasteiger partial charge on any atom is 0.302 e. The average molecular weight is 388 g/mol. The Balaban J connectivity index is 3.96. The molecule has 0 aliphatic rings. The summed E-state index contributed by atoms with van der Waals surface area (Å²) in [6.07, 6.45) is 12.2. The van der Waals surface area contributed by atoms with Crippen LogP contribution < -0.4 is 5.73 Å². The van der Waals surface area contributed by atoms with Crippen LogP contribution in [0.3, 0.4) is 0 Å². The van der Waals surface area contributed by atoms with E-state index in [2.05, 4.69) is 0 Å². The minimum atomic E-state index is -0.596. The van der Waals surface area contributed by atoms with E-state index in [0.29, 0.717) is 19.8 Å². The maximum atomic E-state index is 11.0. The summed E-state index contributed by atoms with van der Waals surface area (Å²) < 4.78 is 9.87. The van der Waals surface area contributed by atoms with E-state index in [1.54, 1.807) is 0 Å². The van der Waals surface area contributed by atoms with Gasteiger partial charge in [0.2, 0.25) is 0 Å². The highest BCUT2D eigenvalue weighted by Crippen LogP contribution is 2.28. The van der Waals surface area contributed by atoms with Gasteiger partial charge in [-0.2, -0.15) is 0 Å². The third kappa shape index (κ3) is 18.0. The van der Waals surface area contributed by atoms with Crippen molar-refractivity contribution in [2.45, 2.75) is 103 Å². The molecule has 0 bridgehead atoms. The zero-order valence-electron chi connectivity index (χ0n) is 17.5. The fourth-order valence-electron chi connectivity index (χ4n) is 3.22. The molecule has 0 fully saturated rings. The van der Waals surface area contributed by atoms with Crippen molar-refractivity contribution in [2.24, 2.45) is 5.73 Å². The molecular formula is C21H41NO5. The smallest absolute Gasteiger partial charge is 0.302 e. The third-order valence-corrected chi connectivity index (χ3v) is 4.78. The van der Waals surface area contributed by atoms with Gasteiger partial charge in [0.15, 0.2) is 0 Å². The van der Waals surface area contributed by atoms with Gasteiger partial charge in [0.05, 0.1) is 18.8 Å². The van der Waals surface area contributed by atoms with Crippen LogP contribution in [0.15, 0.2) is 0 Å². The molecule has 0 aromatic carbocycles. The standard InChI is InChI=1S/C21H41NO5/c1-19(23)26-17-11-5-3-7-13-21(25,15-9-10-16-22)14-8-4-6-12-18-27-20(2)24/h25H,3-18,22H2,1-2H3. The van der Waals surface area contributed by atoms with Gasteiger partial charge in [0.1, 0.15) is 0 Å². The predicted octanol–water partition coefficient (Wildman–Crippen LogP) is 3.87. The second-order valence-electron chi connectivity index (χ2n) is 7.48. The van der Waals surface area contributed by atoms with Gasteiger partial charge in [0.25, 0.3) is 0 Å². The van der Waals surface area contributed by atoms with Crippen molar-refractivity contribution in [3.05, 3.63) is 0 Å². The molecule has 0 radical (unpaired) electrons. The van der Waals surface area contributed by atoms with E-state index < -0.39 is 5.60 Å². The highest BCUT2D eigenvalue weighted by atomic mass is 16.5. The molecule has 0 amide bonds. The number of rotatable bonds is 18. The van der Waals surface area contributed by atoms with Gasteiger partial charge in [-0.15, -0.1) is 0 Å². The number of esters is 2. The van der Waals surface area contributed by atoms with Gasteiger partial charge in [-0.25, -0.2) is 0 Å². The normalized spacial score (nSPS) is 11.4. The minimum absolute atomic E-state index is 0.225. The summed E-state index contributed by atoms with van der Waals surface area (Å²) in [7, 11) is 0. The van der Waals surface area contributed by atoms with Gasteiger partial charge in [-0.3, -0.25) is 9.59 Å². The first-order chi connectivity index (χ1) is 12.9. The monoisotopic (exact) mass is 387 g/mol. The molecule has 6 heteroatoms. The van der Waals surface area contributed by atoms with E-state index in [1.807, 2.05) is 0 Å². The van der Waals surface area contributed by atoms with Crippen molar-refractivity contribution in [3.63, 3.8) is 0 Å². The van der Waals surface area contributed by atoms with Gasteiger partial charge < -0.3 is 20.3 Å². The molecule has 160 valence electrons. The molecule has 0 rings (SSSR count). The lowest BCUT2D eigenvalue weighted by Gasteiger charge is -2.28. The van der Waals surface area contributed by atoms with E-state index in [1.165, 1.54) is 13.8 Å². The third-order valence-electron chi connectivity index (χ3n) is 4.78. The Morgan fingerprint density at radius 3 is 1.44 bits per heavy atom. The number of unbranched alkanes of at least 4 members (excludes halogenated alkanes) is 7. The van der Waals surface area contributed by atoms with Crippen LogP contribution in [-0.4, -0.2) is 42.4 Å². The number of nitrogens with two attached hydrogens (primary N) is 1. The van der Waals surface area contributed by atoms with Crippen molar-refractivity contribution in [2.75, 3.05) is 19.8 Å². The summed E-state index contributed by atoms with van der Waals surface area (Å²) in [6, 6.07) is 0. The first-order valence-electron chi connectivity index (χ1n) is 10.6. The number of carbonyl (C=O) groups excluding carboxylic acids is 2. The molecule has 0 aliphatic heterocycles. The summed E-state index contributed by atoms with van der Waals surface area (Å²) in [4.78, 5) is 21.4. The Hall–Kier alpha value is -1.14. The van der Waals surface area contributed by atoms with Crippen molar-refractivity contribution in [1.29, 1.82) is 0 Å². The van der Waals surface area contributed by atoms with E-state index in [9.17, 15) is 14.7 Å². The number of hydrogen-bond donors (Lipinski definition) is 2. The fraction of sp³-hybridized carbons (Fsp3) is 0.905. The Labute approximate surface area is 165 Å². The fourth-order valence-corrected chi connectivity index (χ4v) is 3.22. The number of hydrogen-bond acceptors (Lipinski definition) is 6. The number of aliphatic hydroxyl groups is 1. The molecule has 0 spiro atoms. The molecule has 0 aromatic rings. The summed E-state index contributed by atoms with van der Waals surface area (Å²) in [5.74, 6) is -0.450. The summed E-state index contributed by atoms with van der Waals surface area (Å²) >= 11 is 0. The molecule has 0 saturated carbocycles. The van der Waals surface area contributed by atoms with E-state index in [0.717, 1.165) is 83.5 Å². The van der Waals surface area contributed by atoms with Crippen LogP contribution in [0.2, 0.25) is 0 Å². The first-order valence-corrected chi connectivity index (χ1v) is 10.6. The Bertz CT molecular complexity index is 359. The molecule has 3 N–H and O–H groups in total. The minimum Gasteiger partial charge on any atom is -0.466 e. The van der Waals surface area contributed by atoms with Crippen LogP contribution in [0.1, 0.15) is 97.3 Å². The second kappa shape index (κ2) is 17.0. The van der Waals surface area contributed by atoms with Crippen LogP contribution >= 0.6 is 0 Å². The molecule has 0 heterocycles. The average Bonchev–Trinajstić information content (AvgIpc) is 2.60. The Morgan fingerprint density at radius 2 is 1.07 bits per heavy atom. The Morgan fingerprint density at radius 1 is 0.704 bits per heavy atom. The maximum absolute atomic E-state index is 11.0. The largest absolute Gasteiger partial charge is 0.466 e. The summed E-state index contributed by atoms with van der Waals surface area (Å²) in [6.45, 7) is 4.50. The number of ether oxygens (including phenoxy) is 2. The van der Waals surface area contributed by atoms with Gasteiger partial charge >= 0.3 is 11.9 Å². The Kier molecular flexibility index (Phi) is 16.3. The SMILES string of the molecule is CC(=O)OCCCCCCC(O)(CCCCN)CCCCCCOC(C)=O. The molecule has 0 unspecified atom stereocenters. The topological polar surface area (TPSA) is 98.8 Å². The van der Waals surface area contributed by atoms with Crippen molar-refractivity contribution < 1.29 is 24.2 Å². The van der Waals surface area contributed by atoms with E-state index >= 15 is 0 Å². The van der Waals surface area contributed by atoms with Crippen LogP contribution in [0.5, 0.6) is 0 Å². The van der Waals surface area contributed by atoms with Crippen LogP contribution in [0.25, 0.3) is 0 Å². The molecule has 27 heavy (non-hydrogen) atoms. The van der Waals surface area contributed by atoms with Gasteiger partial charge in [-0.1, -0.05) is 38.5 Å². The van der Waals surface area contributed by atoms with Crippen molar-refractivity contribution in [3.8, 4) is 0 Å². The highest BCUT2D eigenvalue weighted by molar-refractivity contribution is 5.66. The predicted molar refractivity (Wildman–Crippen MR) is 107 cm³/mol. The highest BCUT2D eigenvalue weighted by Gasteiger charge is 2.25. The second-order valence-corrected chi connectivity index (χ2v) is 7.48. The molecule has 0 saturated heterocycles. The lowest BCUT2D eigenvalue weighted by molar-refractivity contribution is -0.142. The van der Waals surface area contributed by atoms with E-state index in [-0.39, 0.29) is 11.9 Å². The van der Waals surface area contributed by atoms with Crippen molar-refractivity contribution >= 4 is 11.9 Å². The lowest BCUT2D eigenvalue weighted by Crippen LogP contribution is -2.29. The summed E-state index contributed by atoms with van der Waals surface area (Å²) in [5.41, 5.74) is 4.99. The van der Waals surface area contributed by atoms with Gasteiger partial charge in [0, 0.05) is 13.8 Å². The van der Waals surface area contributed by atoms with E-state index in [4.69, 9.17) is 15.2 Å². The zero-order valence-corrected chi connectivity index (χ0v) is 17.5. The summed E-state index contributed by atoms with van der Waals surface area (Å²) in [5, 5.41) is 11.0. The molecule has 0 atom stereocenters. The first kappa shape index (κ1) is 25.9.